The molecule has 0 unspecified atom stereocenters. The van der Waals surface area contributed by atoms with Gasteiger partial charge in [-0.15, -0.1) is 0 Å². The van der Waals surface area contributed by atoms with Crippen molar-refractivity contribution in [3.05, 3.63) is 108 Å². The Morgan fingerprint density at radius 3 is 2.03 bits per heavy atom. The molecule has 2 aromatic heterocycles. The minimum absolute atomic E-state index is 0.00560. The van der Waals surface area contributed by atoms with E-state index in [9.17, 15) is 4.79 Å². The summed E-state index contributed by atoms with van der Waals surface area (Å²) < 4.78 is 0. The minimum Gasteiger partial charge on any atom is -0.465 e. The predicted molar refractivity (Wildman–Crippen MR) is 135 cm³/mol. The number of hydrogen-bond donors (Lipinski definition) is 3. The molecule has 0 atom stereocenters. The Balaban J connectivity index is 1.49. The van der Waals surface area contributed by atoms with Gasteiger partial charge in [0.05, 0.1) is 11.1 Å². The monoisotopic (exact) mass is 462 g/mol. The van der Waals surface area contributed by atoms with E-state index in [1.165, 1.54) is 23.5 Å². The molecule has 0 bridgehead atoms. The number of fused-ring (bicyclic) bond motifs is 1. The maximum atomic E-state index is 10.8. The fourth-order valence-electron chi connectivity index (χ4n) is 3.94. The molecule has 0 spiro atoms. The first-order valence-electron chi connectivity index (χ1n) is 11.1. The summed E-state index contributed by atoms with van der Waals surface area (Å²) >= 11 is 0. The van der Waals surface area contributed by atoms with Crippen LogP contribution in [-0.4, -0.2) is 37.7 Å². The molecule has 8 heteroatoms. The van der Waals surface area contributed by atoms with Gasteiger partial charge < -0.3 is 10.4 Å². The zero-order valence-corrected chi connectivity index (χ0v) is 18.7. The van der Waals surface area contributed by atoms with Crippen molar-refractivity contribution < 1.29 is 9.90 Å². The van der Waals surface area contributed by atoms with Gasteiger partial charge in [0, 0.05) is 30.2 Å². The largest absolute Gasteiger partial charge is 0.465 e. The zero-order valence-electron chi connectivity index (χ0n) is 18.7. The molecule has 5 aromatic rings. The van der Waals surface area contributed by atoms with Crippen LogP contribution in [0.4, 0.5) is 16.6 Å². The first-order chi connectivity index (χ1) is 17.2. The van der Waals surface area contributed by atoms with Crippen LogP contribution < -0.4 is 10.6 Å². The van der Waals surface area contributed by atoms with Gasteiger partial charge in [-0.25, -0.2) is 24.7 Å². The normalized spacial score (nSPS) is 10.9. The third-order valence-electron chi connectivity index (χ3n) is 5.61. The third kappa shape index (κ3) is 5.06. The quantitative estimate of drug-likeness (QED) is 0.296. The molecule has 2 heterocycles. The highest BCUT2D eigenvalue weighted by molar-refractivity contribution is 5.90. The lowest BCUT2D eigenvalue weighted by atomic mass is 9.91. The molecule has 0 aliphatic carbocycles. The summed E-state index contributed by atoms with van der Waals surface area (Å²) in [5.41, 5.74) is 3.78. The number of carbonyl (C=O) groups is 1. The molecule has 0 saturated carbocycles. The molecular formula is C27H22N6O2. The Labute approximate surface area is 201 Å². The number of anilines is 2. The van der Waals surface area contributed by atoms with Crippen molar-refractivity contribution in [3.8, 4) is 11.4 Å². The molecule has 0 radical (unpaired) electrons. The molecule has 3 aromatic carbocycles. The fraction of sp³-hybridized carbons (Fsp3) is 0.0741. The van der Waals surface area contributed by atoms with Gasteiger partial charge in [0.1, 0.15) is 5.82 Å². The number of para-hydroxylation sites is 1. The van der Waals surface area contributed by atoms with Crippen molar-refractivity contribution in [1.29, 1.82) is 0 Å². The number of nitrogens with one attached hydrogen (secondary N) is 2. The van der Waals surface area contributed by atoms with E-state index in [4.69, 9.17) is 10.1 Å². The van der Waals surface area contributed by atoms with Gasteiger partial charge in [-0.3, -0.25) is 5.32 Å². The molecule has 0 fully saturated rings. The summed E-state index contributed by atoms with van der Waals surface area (Å²) in [6.07, 6.45) is 1.78. The van der Waals surface area contributed by atoms with E-state index in [1.54, 1.807) is 0 Å². The third-order valence-corrected chi connectivity index (χ3v) is 5.61. The van der Waals surface area contributed by atoms with Gasteiger partial charge in [0.2, 0.25) is 5.95 Å². The number of benzene rings is 3. The highest BCUT2D eigenvalue weighted by atomic mass is 16.4. The molecule has 1 amide bonds. The summed E-state index contributed by atoms with van der Waals surface area (Å²) in [5.74, 6) is 1.27. The fourth-order valence-corrected chi connectivity index (χ4v) is 3.94. The van der Waals surface area contributed by atoms with Crippen molar-refractivity contribution in [1.82, 2.24) is 19.9 Å². The van der Waals surface area contributed by atoms with Crippen LogP contribution >= 0.6 is 0 Å². The average Bonchev–Trinajstić information content (AvgIpc) is 2.90. The average molecular weight is 463 g/mol. The summed E-state index contributed by atoms with van der Waals surface area (Å²) in [6, 6.07) is 28.5. The van der Waals surface area contributed by atoms with Crippen molar-refractivity contribution >= 4 is 28.8 Å². The van der Waals surface area contributed by atoms with Crippen LogP contribution in [0.5, 0.6) is 0 Å². The number of carboxylic acid groups (broad SMARTS) is 1. The maximum absolute atomic E-state index is 10.8. The van der Waals surface area contributed by atoms with Gasteiger partial charge in [0.25, 0.3) is 0 Å². The lowest BCUT2D eigenvalue weighted by Crippen LogP contribution is -2.15. The van der Waals surface area contributed by atoms with Crippen molar-refractivity contribution in [2.45, 2.75) is 5.92 Å². The number of nitrogens with zero attached hydrogens (tertiary/aromatic N) is 4. The Kier molecular flexibility index (Phi) is 6.25. The molecule has 5 rings (SSSR count). The highest BCUT2D eigenvalue weighted by Gasteiger charge is 2.16. The number of rotatable bonds is 7. The standard InChI is InChI=1S/C27H22N6O2/c34-27(35)33-26-29-15-20(16-30-26)24-31-23-14-8-7-13-21(23)25(32-24)28-17-22(18-9-3-1-4-10-18)19-11-5-2-6-12-19/h1-16,22H,17H2,(H,34,35)(H,28,31,32)(H,29,30,33). The van der Waals surface area contributed by atoms with Gasteiger partial charge >= 0.3 is 6.09 Å². The topological polar surface area (TPSA) is 113 Å². The predicted octanol–water partition coefficient (Wildman–Crippen LogP) is 5.42. The summed E-state index contributed by atoms with van der Waals surface area (Å²) in [5, 5.41) is 15.4. The van der Waals surface area contributed by atoms with E-state index in [0.29, 0.717) is 23.8 Å². The van der Waals surface area contributed by atoms with Crippen LogP contribution in [-0.2, 0) is 0 Å². The van der Waals surface area contributed by atoms with Gasteiger partial charge in [-0.1, -0.05) is 72.8 Å². The molecule has 0 aliphatic rings. The second-order valence-electron chi connectivity index (χ2n) is 7.89. The van der Waals surface area contributed by atoms with E-state index >= 15 is 0 Å². The Hall–Kier alpha value is -4.85. The van der Waals surface area contributed by atoms with Crippen LogP contribution in [0.15, 0.2) is 97.3 Å². The van der Waals surface area contributed by atoms with Crippen LogP contribution in [0.25, 0.3) is 22.3 Å². The van der Waals surface area contributed by atoms with E-state index in [2.05, 4.69) is 49.9 Å². The Bertz CT molecular complexity index is 1400. The lowest BCUT2D eigenvalue weighted by molar-refractivity contribution is 0.209. The molecular weight excluding hydrogens is 440 g/mol. The second-order valence-corrected chi connectivity index (χ2v) is 7.89. The number of hydrogen-bond acceptors (Lipinski definition) is 6. The van der Waals surface area contributed by atoms with Gasteiger partial charge in [-0.05, 0) is 23.3 Å². The summed E-state index contributed by atoms with van der Waals surface area (Å²) in [4.78, 5) is 28.4. The van der Waals surface area contributed by atoms with Crippen LogP contribution in [0.1, 0.15) is 17.0 Å². The molecule has 0 aliphatic heterocycles. The van der Waals surface area contributed by atoms with E-state index < -0.39 is 6.09 Å². The SMILES string of the molecule is O=C(O)Nc1ncc(-c2nc(NCC(c3ccccc3)c3ccccc3)c3ccccc3n2)cn1. The minimum atomic E-state index is -1.22. The van der Waals surface area contributed by atoms with Gasteiger partial charge in [0.15, 0.2) is 5.82 Å². The Morgan fingerprint density at radius 2 is 1.40 bits per heavy atom. The van der Waals surface area contributed by atoms with E-state index in [0.717, 1.165) is 10.9 Å². The molecule has 0 saturated heterocycles. The number of aromatic nitrogens is 4. The number of amides is 1. The Morgan fingerprint density at radius 1 is 0.800 bits per heavy atom. The first kappa shape index (κ1) is 22.0. The zero-order chi connectivity index (χ0) is 24.0. The van der Waals surface area contributed by atoms with Crippen LogP contribution in [0, 0.1) is 0 Å². The summed E-state index contributed by atoms with van der Waals surface area (Å²) in [7, 11) is 0. The first-order valence-corrected chi connectivity index (χ1v) is 11.1. The second kappa shape index (κ2) is 9.96. The smallest absolute Gasteiger partial charge is 0.411 e. The molecule has 3 N–H and O–H groups in total. The van der Waals surface area contributed by atoms with Crippen molar-refractivity contribution in [3.63, 3.8) is 0 Å². The van der Waals surface area contributed by atoms with Crippen LogP contribution in [0.2, 0.25) is 0 Å². The maximum Gasteiger partial charge on any atom is 0.411 e. The highest BCUT2D eigenvalue weighted by Crippen LogP contribution is 2.28. The van der Waals surface area contributed by atoms with E-state index in [1.807, 2.05) is 60.7 Å². The molecule has 35 heavy (non-hydrogen) atoms. The molecule has 172 valence electrons. The summed E-state index contributed by atoms with van der Waals surface area (Å²) in [6.45, 7) is 0.631. The van der Waals surface area contributed by atoms with Gasteiger partial charge in [-0.2, -0.15) is 0 Å². The van der Waals surface area contributed by atoms with Crippen LogP contribution in [0.3, 0.4) is 0 Å². The van der Waals surface area contributed by atoms with Crippen molar-refractivity contribution in [2.24, 2.45) is 0 Å². The van der Waals surface area contributed by atoms with Crippen molar-refractivity contribution in [2.75, 3.05) is 17.2 Å². The molecule has 8 nitrogen and oxygen atoms in total. The lowest BCUT2D eigenvalue weighted by Gasteiger charge is -2.20. The van der Waals surface area contributed by atoms with E-state index in [-0.39, 0.29) is 11.9 Å².